The van der Waals surface area contributed by atoms with Crippen molar-refractivity contribution in [2.45, 2.75) is 64.7 Å². The normalized spacial score (nSPS) is 24.6. The molecule has 0 radical (unpaired) electrons. The lowest BCUT2D eigenvalue weighted by molar-refractivity contribution is -0.212. The minimum absolute atomic E-state index is 0.279. The summed E-state index contributed by atoms with van der Waals surface area (Å²) in [6.07, 6.45) is 3.62. The molecule has 2 aliphatic rings. The Bertz CT molecular complexity index is 651. The van der Waals surface area contributed by atoms with Crippen LogP contribution >= 0.6 is 0 Å². The van der Waals surface area contributed by atoms with Crippen LogP contribution < -0.4 is 10.2 Å². The second-order valence-electron chi connectivity index (χ2n) is 6.88. The van der Waals surface area contributed by atoms with E-state index >= 15 is 0 Å². The van der Waals surface area contributed by atoms with Gasteiger partial charge in [-0.1, -0.05) is 6.07 Å². The largest absolute Gasteiger partial charge is 0.486 e. The van der Waals surface area contributed by atoms with Crippen LogP contribution in [0.25, 0.3) is 0 Å². The molecule has 0 amide bonds. The number of ether oxygens (including phenoxy) is 2. The van der Waals surface area contributed by atoms with Crippen LogP contribution in [0, 0.1) is 20.8 Å². The van der Waals surface area contributed by atoms with Crippen molar-refractivity contribution in [3.8, 4) is 5.75 Å². The lowest BCUT2D eigenvalue weighted by Crippen LogP contribution is -2.59. The third-order valence-electron chi connectivity index (χ3n) is 5.13. The van der Waals surface area contributed by atoms with Gasteiger partial charge >= 0.3 is 5.97 Å². The number of fused-ring (bicyclic) bond motifs is 1. The predicted octanol–water partition coefficient (Wildman–Crippen LogP) is 3.18. The molecule has 1 unspecified atom stereocenters. The molecule has 23 heavy (non-hydrogen) atoms. The van der Waals surface area contributed by atoms with E-state index in [1.54, 1.807) is 7.11 Å². The summed E-state index contributed by atoms with van der Waals surface area (Å²) in [5.74, 6) is 0.494. The van der Waals surface area contributed by atoms with Crippen LogP contribution in [0.4, 0.5) is 0 Å². The van der Waals surface area contributed by atoms with Crippen molar-refractivity contribution in [3.63, 3.8) is 0 Å². The van der Waals surface area contributed by atoms with E-state index in [4.69, 9.17) is 14.3 Å². The van der Waals surface area contributed by atoms with Crippen LogP contribution in [0.1, 0.15) is 54.9 Å². The summed E-state index contributed by atoms with van der Waals surface area (Å²) in [7, 11) is 1.55. The highest BCUT2D eigenvalue weighted by Gasteiger charge is 2.56. The lowest BCUT2D eigenvalue weighted by atomic mass is 9.70. The molecule has 0 bridgehead atoms. The molecular formula is C18H25NO4. The summed E-state index contributed by atoms with van der Waals surface area (Å²) in [4.78, 5) is 17.1. The Morgan fingerprint density at radius 1 is 1.26 bits per heavy atom. The van der Waals surface area contributed by atoms with Gasteiger partial charge in [0.2, 0.25) is 5.72 Å². The van der Waals surface area contributed by atoms with Crippen LogP contribution in [-0.4, -0.2) is 18.7 Å². The summed E-state index contributed by atoms with van der Waals surface area (Å²) < 4.78 is 12.2. The zero-order chi connectivity index (χ0) is 16.8. The molecule has 0 aromatic heterocycles. The maximum atomic E-state index is 11.8. The summed E-state index contributed by atoms with van der Waals surface area (Å²) in [6.45, 7) is 7.57. The van der Waals surface area contributed by atoms with Gasteiger partial charge in [0.1, 0.15) is 11.4 Å². The number of hydroxylamine groups is 1. The first-order chi connectivity index (χ1) is 10.8. The molecule has 1 aromatic rings. The fraction of sp³-hybridized carbons (Fsp3) is 0.611. The van der Waals surface area contributed by atoms with Crippen molar-refractivity contribution < 1.29 is 19.1 Å². The standard InChI is InChI=1S/C18H25NO4/c1-11-9-12(2)15-16(13(11)3)23-17(7-6-8-17)10-18(15,19-21-5)22-14(4)20/h9,19H,6-8,10H2,1-5H3. The van der Waals surface area contributed by atoms with Crippen LogP contribution in [0.5, 0.6) is 5.75 Å². The molecule has 1 saturated carbocycles. The van der Waals surface area contributed by atoms with Crippen LogP contribution in [0.3, 0.4) is 0 Å². The van der Waals surface area contributed by atoms with E-state index in [-0.39, 0.29) is 11.6 Å². The SMILES string of the molecule is CONC1(OC(C)=O)CC2(CCC2)Oc2c(C)c(C)cc(C)c21. The Kier molecular flexibility index (Phi) is 3.89. The molecule has 1 heterocycles. The highest BCUT2D eigenvalue weighted by Crippen LogP contribution is 2.54. The number of carbonyl (C=O) groups excluding carboxylic acids is 1. The van der Waals surface area contributed by atoms with E-state index in [2.05, 4.69) is 25.4 Å². The number of nitrogens with one attached hydrogen (secondary N) is 1. The molecule has 1 aromatic carbocycles. The first-order valence-corrected chi connectivity index (χ1v) is 8.12. The number of hydrogen-bond donors (Lipinski definition) is 1. The zero-order valence-electron chi connectivity index (χ0n) is 14.5. The van der Waals surface area contributed by atoms with E-state index in [0.717, 1.165) is 41.7 Å². The molecule has 5 heteroatoms. The van der Waals surface area contributed by atoms with Gasteiger partial charge in [-0.15, -0.1) is 0 Å². The van der Waals surface area contributed by atoms with Crippen molar-refractivity contribution >= 4 is 5.97 Å². The summed E-state index contributed by atoms with van der Waals surface area (Å²) in [5.41, 5.74) is 5.85. The molecule has 1 N–H and O–H groups in total. The predicted molar refractivity (Wildman–Crippen MR) is 86.1 cm³/mol. The van der Waals surface area contributed by atoms with Gasteiger partial charge in [0, 0.05) is 13.3 Å². The number of aryl methyl sites for hydroxylation is 2. The van der Waals surface area contributed by atoms with Gasteiger partial charge in [-0.25, -0.2) is 0 Å². The number of benzene rings is 1. The topological polar surface area (TPSA) is 56.8 Å². The second-order valence-corrected chi connectivity index (χ2v) is 6.88. The molecule has 126 valence electrons. The van der Waals surface area contributed by atoms with Gasteiger partial charge in [-0.05, 0) is 56.7 Å². The van der Waals surface area contributed by atoms with E-state index in [1.807, 2.05) is 6.92 Å². The Morgan fingerprint density at radius 3 is 2.48 bits per heavy atom. The maximum Gasteiger partial charge on any atom is 0.304 e. The van der Waals surface area contributed by atoms with Crippen molar-refractivity contribution in [1.29, 1.82) is 0 Å². The Balaban J connectivity index is 2.23. The van der Waals surface area contributed by atoms with E-state index in [9.17, 15) is 4.79 Å². The van der Waals surface area contributed by atoms with Crippen LogP contribution in [0.15, 0.2) is 6.07 Å². The van der Waals surface area contributed by atoms with Gasteiger partial charge in [0.25, 0.3) is 0 Å². The number of esters is 1. The van der Waals surface area contributed by atoms with Gasteiger partial charge in [0.15, 0.2) is 0 Å². The van der Waals surface area contributed by atoms with Crippen molar-refractivity contribution in [2.24, 2.45) is 0 Å². The molecule has 1 aliphatic carbocycles. The third-order valence-corrected chi connectivity index (χ3v) is 5.13. The molecule has 3 rings (SSSR count). The number of carbonyl (C=O) groups is 1. The molecular weight excluding hydrogens is 294 g/mol. The molecule has 5 nitrogen and oxygen atoms in total. The second kappa shape index (κ2) is 5.49. The smallest absolute Gasteiger partial charge is 0.304 e. The monoisotopic (exact) mass is 319 g/mol. The highest BCUT2D eigenvalue weighted by atomic mass is 16.7. The van der Waals surface area contributed by atoms with E-state index < -0.39 is 5.72 Å². The lowest BCUT2D eigenvalue weighted by Gasteiger charge is -2.52. The number of rotatable bonds is 3. The first-order valence-electron chi connectivity index (χ1n) is 8.12. The quantitative estimate of drug-likeness (QED) is 0.527. The van der Waals surface area contributed by atoms with Gasteiger partial charge < -0.3 is 14.3 Å². The minimum atomic E-state index is -1.00. The maximum absolute atomic E-state index is 11.8. The average molecular weight is 319 g/mol. The third kappa shape index (κ3) is 2.52. The molecule has 1 aliphatic heterocycles. The molecule has 1 spiro atoms. The van der Waals surface area contributed by atoms with E-state index in [0.29, 0.717) is 6.42 Å². The number of hydrogen-bond acceptors (Lipinski definition) is 5. The van der Waals surface area contributed by atoms with Crippen molar-refractivity contribution in [1.82, 2.24) is 5.48 Å². The van der Waals surface area contributed by atoms with Gasteiger partial charge in [-0.3, -0.25) is 4.79 Å². The minimum Gasteiger partial charge on any atom is -0.486 e. The van der Waals surface area contributed by atoms with Gasteiger partial charge in [-0.2, -0.15) is 5.48 Å². The molecule has 0 saturated heterocycles. The van der Waals surface area contributed by atoms with Gasteiger partial charge in [0.05, 0.1) is 12.7 Å². The van der Waals surface area contributed by atoms with E-state index in [1.165, 1.54) is 12.5 Å². The zero-order valence-corrected chi connectivity index (χ0v) is 14.5. The van der Waals surface area contributed by atoms with Crippen molar-refractivity contribution in [2.75, 3.05) is 7.11 Å². The summed E-state index contributed by atoms with van der Waals surface area (Å²) in [6, 6.07) is 2.10. The fourth-order valence-electron chi connectivity index (χ4n) is 3.93. The van der Waals surface area contributed by atoms with Crippen molar-refractivity contribution in [3.05, 3.63) is 28.3 Å². The Hall–Kier alpha value is -1.59. The average Bonchev–Trinajstić information content (AvgIpc) is 2.41. The summed E-state index contributed by atoms with van der Waals surface area (Å²) in [5, 5.41) is 0. The highest BCUT2D eigenvalue weighted by molar-refractivity contribution is 5.68. The molecule has 1 fully saturated rings. The fourth-order valence-corrected chi connectivity index (χ4v) is 3.93. The van der Waals surface area contributed by atoms with Crippen LogP contribution in [0.2, 0.25) is 0 Å². The van der Waals surface area contributed by atoms with Crippen LogP contribution in [-0.2, 0) is 20.1 Å². The Labute approximate surface area is 137 Å². The summed E-state index contributed by atoms with van der Waals surface area (Å²) >= 11 is 0. The Morgan fingerprint density at radius 2 is 1.96 bits per heavy atom. The first kappa shape index (κ1) is 16.3. The molecule has 1 atom stereocenters.